The first kappa shape index (κ1) is 78.3. The number of benzene rings is 2. The summed E-state index contributed by atoms with van der Waals surface area (Å²) in [4.78, 5) is 131. The highest BCUT2D eigenvalue weighted by atomic mass is 16.6. The number of alkyl carbamates (subject to hydrolysis) is 2. The van der Waals surface area contributed by atoms with E-state index in [2.05, 4.69) is 31.9 Å². The van der Waals surface area contributed by atoms with Crippen LogP contribution in [0.15, 0.2) is 60.7 Å². The Balaban J connectivity index is 0.0000353. The number of carbonyl (C=O) groups is 10. The molecule has 2 rings (SSSR count). The molecule has 0 aliphatic heterocycles. The number of amides is 6. The third kappa shape index (κ3) is 39.6. The zero-order valence-corrected chi connectivity index (χ0v) is 49.4. The molecule has 0 aliphatic rings. The highest BCUT2D eigenvalue weighted by Crippen LogP contribution is 2.18. The number of ketones is 4. The number of hydrogen-bond acceptors (Lipinski definition) is 17. The van der Waals surface area contributed by atoms with Gasteiger partial charge in [0.25, 0.3) is 0 Å². The largest absolute Gasteiger partial charge is 0.447 e. The van der Waals surface area contributed by atoms with E-state index in [1.54, 1.807) is 7.11 Å². The number of Topliss-reactive ketones (excluding diaryl/α,β-unsaturated/α-hetero) is 4. The molecule has 0 saturated heterocycles. The van der Waals surface area contributed by atoms with Crippen LogP contribution >= 0.6 is 0 Å². The van der Waals surface area contributed by atoms with Crippen molar-refractivity contribution in [2.45, 2.75) is 138 Å². The minimum atomic E-state index is -0.904. The van der Waals surface area contributed by atoms with E-state index < -0.39 is 66.0 Å². The van der Waals surface area contributed by atoms with Gasteiger partial charge in [0.2, 0.25) is 23.6 Å². The Morgan fingerprint density at radius 1 is 0.471 bits per heavy atom. The van der Waals surface area contributed by atoms with E-state index in [0.717, 1.165) is 11.1 Å². The Hall–Kier alpha value is -6.66. The van der Waals surface area contributed by atoms with Gasteiger partial charge in [0, 0.05) is 90.4 Å². The number of ether oxygens (including phenoxy) is 6. The average molecular weight is 1200 g/mol. The topological polar surface area (TPSA) is 324 Å². The minimum Gasteiger partial charge on any atom is -0.447 e. The Kier molecular flexibility index (Phi) is 44.8. The maximum absolute atomic E-state index is 13.8. The molecule has 0 aromatic heterocycles. The fourth-order valence-corrected chi connectivity index (χ4v) is 8.34. The standard InChI is InChI=1S/C60H93N7O16.2CH4/c1-43(2)35-51(53(70)19-21-55(72)62-24-13-27-80-30-29-78-5)66-58(75)48(38-46-17-10-7-11-18-46)40-50(69)42-65-60(77)83-34-32-81-28-14-25-63-56(73)22-20-54(71)52(36-44(3)4)67-57(74)47(37-45-15-8-6-9-16-45)39-49(68)41-64-59(76)82-33-31-79-26-12-23-61;;/h6-11,15-18,43-44,47-48,51-52H,12-14,19-42,61H2,1-5H3,(H,62,72)(H,63,73)(H,64,76)(H,65,77)(H,66,75)(H,67,74);2*1H4. The zero-order valence-electron chi connectivity index (χ0n) is 49.4. The van der Waals surface area contributed by atoms with Gasteiger partial charge in [0.15, 0.2) is 23.1 Å². The van der Waals surface area contributed by atoms with Gasteiger partial charge in [0.1, 0.15) is 13.2 Å². The summed E-state index contributed by atoms with van der Waals surface area (Å²) >= 11 is 0. The van der Waals surface area contributed by atoms with Crippen LogP contribution in [0, 0.1) is 23.7 Å². The molecule has 0 bridgehead atoms. The molecule has 0 saturated carbocycles. The van der Waals surface area contributed by atoms with Gasteiger partial charge in [-0.1, -0.05) is 103 Å². The SMILES string of the molecule is C.C.COCCOCCCNC(=O)CCC(=O)C(CC(C)C)NC(=O)C(CC(=O)CNC(=O)OCCOCCCNC(=O)CCC(=O)C(CC(C)C)NC(=O)C(CC(=O)CNC(=O)OCCOCCCN)Cc1ccccc1)Cc1ccccc1. The molecular formula is C62H101N7O16. The van der Waals surface area contributed by atoms with E-state index in [4.69, 9.17) is 34.2 Å². The molecule has 85 heavy (non-hydrogen) atoms. The van der Waals surface area contributed by atoms with Crippen LogP contribution in [0.2, 0.25) is 0 Å². The second-order valence-electron chi connectivity index (χ2n) is 20.9. The molecule has 4 atom stereocenters. The molecule has 23 nitrogen and oxygen atoms in total. The monoisotopic (exact) mass is 1200 g/mol. The highest BCUT2D eigenvalue weighted by Gasteiger charge is 2.30. The lowest BCUT2D eigenvalue weighted by molar-refractivity contribution is -0.133. The van der Waals surface area contributed by atoms with Crippen molar-refractivity contribution >= 4 is 58.9 Å². The fraction of sp³-hybridized carbons (Fsp3) is 0.645. The number of nitrogens with one attached hydrogen (secondary N) is 6. The maximum atomic E-state index is 13.8. The van der Waals surface area contributed by atoms with Crippen LogP contribution in [0.1, 0.15) is 124 Å². The second-order valence-corrected chi connectivity index (χ2v) is 20.9. The molecule has 0 aliphatic carbocycles. The third-order valence-corrected chi connectivity index (χ3v) is 12.6. The Morgan fingerprint density at radius 3 is 1.21 bits per heavy atom. The predicted octanol–water partition coefficient (Wildman–Crippen LogP) is 5.17. The molecule has 480 valence electrons. The van der Waals surface area contributed by atoms with Crippen molar-refractivity contribution in [2.75, 3.05) is 99.3 Å². The highest BCUT2D eigenvalue weighted by molar-refractivity contribution is 5.95. The average Bonchev–Trinajstić information content (AvgIpc) is 3.54. The number of methoxy groups -OCH3 is 1. The third-order valence-electron chi connectivity index (χ3n) is 12.6. The van der Waals surface area contributed by atoms with Crippen molar-refractivity contribution < 1.29 is 76.4 Å². The van der Waals surface area contributed by atoms with Gasteiger partial charge >= 0.3 is 12.2 Å². The van der Waals surface area contributed by atoms with Gasteiger partial charge in [-0.05, 0) is 74.5 Å². The van der Waals surface area contributed by atoms with Crippen LogP contribution < -0.4 is 37.6 Å². The lowest BCUT2D eigenvalue weighted by Crippen LogP contribution is -2.46. The van der Waals surface area contributed by atoms with Gasteiger partial charge in [-0.2, -0.15) is 0 Å². The van der Waals surface area contributed by atoms with Crippen LogP contribution in [-0.4, -0.2) is 170 Å². The first-order valence-corrected chi connectivity index (χ1v) is 28.9. The second kappa shape index (κ2) is 48.6. The van der Waals surface area contributed by atoms with Gasteiger partial charge in [-0.3, -0.25) is 38.4 Å². The van der Waals surface area contributed by atoms with E-state index in [-0.39, 0.29) is 148 Å². The van der Waals surface area contributed by atoms with Crippen LogP contribution in [0.4, 0.5) is 9.59 Å². The van der Waals surface area contributed by atoms with E-state index in [0.29, 0.717) is 71.6 Å². The van der Waals surface area contributed by atoms with E-state index in [1.165, 1.54) is 0 Å². The van der Waals surface area contributed by atoms with Gasteiger partial charge in [-0.15, -0.1) is 0 Å². The summed E-state index contributed by atoms with van der Waals surface area (Å²) in [5, 5.41) is 16.0. The number of rotatable bonds is 48. The van der Waals surface area contributed by atoms with Crippen LogP contribution in [0.25, 0.3) is 0 Å². The van der Waals surface area contributed by atoms with Crippen LogP contribution in [-0.2, 0) is 79.6 Å². The van der Waals surface area contributed by atoms with Crippen molar-refractivity contribution in [3.63, 3.8) is 0 Å². The number of nitrogens with two attached hydrogens (primary N) is 1. The smallest absolute Gasteiger partial charge is 0.407 e. The van der Waals surface area contributed by atoms with Crippen molar-refractivity contribution in [3.8, 4) is 0 Å². The summed E-state index contributed by atoms with van der Waals surface area (Å²) in [6.45, 7) is 10.1. The molecule has 2 aromatic rings. The molecule has 2 aromatic carbocycles. The predicted molar refractivity (Wildman–Crippen MR) is 323 cm³/mol. The summed E-state index contributed by atoms with van der Waals surface area (Å²) in [5.41, 5.74) is 7.03. The van der Waals surface area contributed by atoms with E-state index in [9.17, 15) is 47.9 Å². The number of carbonyl (C=O) groups excluding carboxylic acids is 10. The Labute approximate surface area is 504 Å². The lowest BCUT2D eigenvalue weighted by atomic mass is 9.91. The van der Waals surface area contributed by atoms with Crippen LogP contribution in [0.3, 0.4) is 0 Å². The van der Waals surface area contributed by atoms with Gasteiger partial charge in [-0.25, -0.2) is 9.59 Å². The van der Waals surface area contributed by atoms with Gasteiger partial charge < -0.3 is 66.1 Å². The van der Waals surface area contributed by atoms with E-state index >= 15 is 0 Å². The zero-order chi connectivity index (χ0) is 61.0. The minimum absolute atomic E-state index is 0. The Morgan fingerprint density at radius 2 is 0.847 bits per heavy atom. The molecular weight excluding hydrogens is 1100 g/mol. The molecule has 0 radical (unpaired) electrons. The molecule has 0 fully saturated rings. The maximum Gasteiger partial charge on any atom is 0.407 e. The quantitative estimate of drug-likeness (QED) is 0.0421. The fourth-order valence-electron chi connectivity index (χ4n) is 8.34. The van der Waals surface area contributed by atoms with Crippen molar-refractivity contribution in [1.29, 1.82) is 0 Å². The first-order chi connectivity index (χ1) is 39.9. The summed E-state index contributed by atoms with van der Waals surface area (Å²) in [7, 11) is 1.58. The molecule has 4 unspecified atom stereocenters. The summed E-state index contributed by atoms with van der Waals surface area (Å²) < 4.78 is 31.4. The van der Waals surface area contributed by atoms with Crippen molar-refractivity contribution in [2.24, 2.45) is 29.4 Å². The van der Waals surface area contributed by atoms with Gasteiger partial charge in [0.05, 0.1) is 51.6 Å². The molecule has 8 N–H and O–H groups in total. The molecule has 0 heterocycles. The first-order valence-electron chi connectivity index (χ1n) is 28.9. The van der Waals surface area contributed by atoms with Crippen molar-refractivity contribution in [3.05, 3.63) is 71.8 Å². The normalized spacial score (nSPS) is 12.2. The molecule has 0 spiro atoms. The summed E-state index contributed by atoms with van der Waals surface area (Å²) in [5.74, 6) is -4.80. The lowest BCUT2D eigenvalue weighted by Gasteiger charge is -2.23. The Bertz CT molecular complexity index is 2240. The summed E-state index contributed by atoms with van der Waals surface area (Å²) in [6, 6.07) is 16.5. The molecule has 23 heteroatoms. The van der Waals surface area contributed by atoms with E-state index in [1.807, 2.05) is 88.4 Å². The van der Waals surface area contributed by atoms with Crippen molar-refractivity contribution in [1.82, 2.24) is 31.9 Å². The van der Waals surface area contributed by atoms with Crippen LogP contribution in [0.5, 0.6) is 0 Å². The summed E-state index contributed by atoms with van der Waals surface area (Å²) in [6.07, 6.45) is 0.240. The number of hydrogen-bond donors (Lipinski definition) is 7. The molecule has 6 amide bonds.